The van der Waals surface area contributed by atoms with E-state index in [-0.39, 0.29) is 0 Å². The zero-order valence-electron chi connectivity index (χ0n) is 20.0. The van der Waals surface area contributed by atoms with Crippen molar-refractivity contribution < 1.29 is 0 Å². The fourth-order valence-electron chi connectivity index (χ4n) is 6.56. The summed E-state index contributed by atoms with van der Waals surface area (Å²) in [4.78, 5) is 5.34. The maximum atomic E-state index is 5.34. The van der Waals surface area contributed by atoms with Crippen LogP contribution in [0.3, 0.4) is 0 Å². The highest BCUT2D eigenvalue weighted by Gasteiger charge is 2.59. The molecule has 3 aromatic carbocycles. The van der Waals surface area contributed by atoms with Crippen LogP contribution in [0.15, 0.2) is 109 Å². The zero-order valence-corrected chi connectivity index (χ0v) is 20.9. The predicted molar refractivity (Wildman–Crippen MR) is 145 cm³/mol. The van der Waals surface area contributed by atoms with E-state index in [1.165, 1.54) is 34.7 Å². The fraction of sp³-hybridized carbons (Fsp3) is 0.281. The highest BCUT2D eigenvalue weighted by atomic mass is 31.1. The third kappa shape index (κ3) is 3.71. The number of rotatable bonds is 5. The lowest BCUT2D eigenvalue weighted by atomic mass is 9.45. The van der Waals surface area contributed by atoms with Crippen molar-refractivity contribution in [3.8, 4) is 11.3 Å². The SMILES string of the molecule is CC1(C)[C@H]2C[C@H](P(c3ccccc3)c3ccccc3)[C@@H](c3cccc(-c4ccccc4)n3)[C@@H]1C2. The topological polar surface area (TPSA) is 12.9 Å². The van der Waals surface area contributed by atoms with E-state index in [0.717, 1.165) is 11.6 Å². The summed E-state index contributed by atoms with van der Waals surface area (Å²) in [6.07, 6.45) is 2.64. The number of hydrogen-bond donors (Lipinski definition) is 0. The molecule has 4 atom stereocenters. The maximum Gasteiger partial charge on any atom is 0.0705 e. The van der Waals surface area contributed by atoms with Crippen molar-refractivity contribution in [2.75, 3.05) is 0 Å². The Hall–Kier alpha value is -2.76. The summed E-state index contributed by atoms with van der Waals surface area (Å²) < 4.78 is 0. The van der Waals surface area contributed by atoms with E-state index in [2.05, 4.69) is 123 Å². The lowest BCUT2D eigenvalue weighted by Gasteiger charge is -2.63. The molecule has 170 valence electrons. The minimum atomic E-state index is -0.474. The van der Waals surface area contributed by atoms with Gasteiger partial charge in [-0.25, -0.2) is 0 Å². The Kier molecular flexibility index (Phi) is 5.62. The van der Waals surface area contributed by atoms with E-state index in [0.29, 0.717) is 22.9 Å². The zero-order chi connectivity index (χ0) is 23.1. The minimum Gasteiger partial charge on any atom is -0.253 e. The molecule has 3 saturated carbocycles. The Morgan fingerprint density at radius 1 is 0.676 bits per heavy atom. The normalized spacial score (nSPS) is 25.0. The molecule has 0 aliphatic heterocycles. The largest absolute Gasteiger partial charge is 0.253 e. The Morgan fingerprint density at radius 3 is 1.85 bits per heavy atom. The average molecular weight is 462 g/mol. The molecule has 0 spiro atoms. The summed E-state index contributed by atoms with van der Waals surface area (Å²) in [5, 5.41) is 2.99. The first-order valence-electron chi connectivity index (χ1n) is 12.5. The van der Waals surface area contributed by atoms with E-state index in [1.54, 1.807) is 0 Å². The monoisotopic (exact) mass is 461 g/mol. The third-order valence-corrected chi connectivity index (χ3v) is 11.4. The van der Waals surface area contributed by atoms with Crippen molar-refractivity contribution in [1.82, 2.24) is 4.98 Å². The number of aromatic nitrogens is 1. The lowest BCUT2D eigenvalue weighted by Crippen LogP contribution is -2.56. The van der Waals surface area contributed by atoms with Gasteiger partial charge in [0.05, 0.1) is 5.69 Å². The Bertz CT molecular complexity index is 1210. The van der Waals surface area contributed by atoms with Crippen LogP contribution in [0, 0.1) is 17.3 Å². The van der Waals surface area contributed by atoms with Gasteiger partial charge in [0.2, 0.25) is 0 Å². The first kappa shape index (κ1) is 21.8. The van der Waals surface area contributed by atoms with E-state index in [9.17, 15) is 0 Å². The van der Waals surface area contributed by atoms with Gasteiger partial charge >= 0.3 is 0 Å². The van der Waals surface area contributed by atoms with Crippen molar-refractivity contribution in [2.45, 2.75) is 38.3 Å². The maximum absolute atomic E-state index is 5.34. The van der Waals surface area contributed by atoms with Gasteiger partial charge in [-0.15, -0.1) is 0 Å². The van der Waals surface area contributed by atoms with Gasteiger partial charge in [-0.05, 0) is 66.4 Å². The molecule has 7 rings (SSSR count). The second-order valence-electron chi connectivity index (χ2n) is 10.5. The quantitative estimate of drug-likeness (QED) is 0.282. The van der Waals surface area contributed by atoms with E-state index < -0.39 is 7.92 Å². The van der Waals surface area contributed by atoms with Gasteiger partial charge in [-0.1, -0.05) is 111 Å². The van der Waals surface area contributed by atoms with Gasteiger partial charge in [-0.2, -0.15) is 0 Å². The van der Waals surface area contributed by atoms with Gasteiger partial charge in [0.25, 0.3) is 0 Å². The standard InChI is InChI=1S/C32H32NP/c1-32(2)24-21-27(32)31(29-20-12-19-28(33-29)23-13-6-3-7-14-23)30(22-24)34(25-15-8-4-9-16-25)26-17-10-5-11-18-26/h3-20,24,27,30-31H,21-22H2,1-2H3/t24-,27+,30+,31-/m1/s1. The van der Waals surface area contributed by atoms with Crippen LogP contribution >= 0.6 is 7.92 Å². The Labute approximate surface area is 205 Å². The first-order valence-corrected chi connectivity index (χ1v) is 14.0. The van der Waals surface area contributed by atoms with Crippen LogP contribution in [0.4, 0.5) is 0 Å². The highest BCUT2D eigenvalue weighted by molar-refractivity contribution is 7.73. The van der Waals surface area contributed by atoms with Crippen LogP contribution < -0.4 is 10.6 Å². The van der Waals surface area contributed by atoms with Gasteiger partial charge in [0.1, 0.15) is 0 Å². The van der Waals surface area contributed by atoms with Gasteiger partial charge in [0.15, 0.2) is 0 Å². The van der Waals surface area contributed by atoms with Crippen molar-refractivity contribution in [2.24, 2.45) is 17.3 Å². The Morgan fingerprint density at radius 2 is 1.26 bits per heavy atom. The van der Waals surface area contributed by atoms with Crippen molar-refractivity contribution in [3.05, 3.63) is 115 Å². The summed E-state index contributed by atoms with van der Waals surface area (Å²) >= 11 is 0. The number of hydrogen-bond acceptors (Lipinski definition) is 1. The van der Waals surface area contributed by atoms with Crippen LogP contribution in [0.2, 0.25) is 0 Å². The molecule has 1 heterocycles. The molecule has 2 heteroatoms. The molecule has 3 aliphatic rings. The fourth-order valence-corrected chi connectivity index (χ4v) is 9.75. The number of nitrogens with zero attached hydrogens (tertiary/aromatic N) is 1. The second-order valence-corrected chi connectivity index (χ2v) is 13.0. The predicted octanol–water partition coefficient (Wildman–Crippen LogP) is 7.40. The average Bonchev–Trinajstić information content (AvgIpc) is 2.90. The van der Waals surface area contributed by atoms with Crippen molar-refractivity contribution >= 4 is 18.5 Å². The molecule has 3 fully saturated rings. The van der Waals surface area contributed by atoms with Crippen molar-refractivity contribution in [1.29, 1.82) is 0 Å². The molecular formula is C32H32NP. The Balaban J connectivity index is 1.48. The smallest absolute Gasteiger partial charge is 0.0705 e. The molecule has 0 saturated heterocycles. The van der Waals surface area contributed by atoms with Crippen molar-refractivity contribution in [3.63, 3.8) is 0 Å². The summed E-state index contributed by atoms with van der Waals surface area (Å²) in [6, 6.07) is 39.9. The highest BCUT2D eigenvalue weighted by Crippen LogP contribution is 2.69. The molecule has 34 heavy (non-hydrogen) atoms. The molecular weight excluding hydrogens is 429 g/mol. The van der Waals surface area contributed by atoms with Crippen LogP contribution in [0.5, 0.6) is 0 Å². The molecule has 0 amide bonds. The summed E-state index contributed by atoms with van der Waals surface area (Å²) in [7, 11) is -0.474. The lowest BCUT2D eigenvalue weighted by molar-refractivity contribution is -0.0785. The van der Waals surface area contributed by atoms with Gasteiger partial charge < -0.3 is 0 Å². The number of pyridine rings is 1. The molecule has 2 bridgehead atoms. The molecule has 0 radical (unpaired) electrons. The summed E-state index contributed by atoms with van der Waals surface area (Å²) in [5.41, 5.74) is 4.59. The molecule has 0 N–H and O–H groups in total. The van der Waals surface area contributed by atoms with Crippen LogP contribution in [0.1, 0.15) is 38.3 Å². The molecule has 0 unspecified atom stereocenters. The van der Waals surface area contributed by atoms with E-state index in [4.69, 9.17) is 4.98 Å². The number of fused-ring (bicyclic) bond motifs is 2. The summed E-state index contributed by atoms with van der Waals surface area (Å²) in [6.45, 7) is 5.01. The van der Waals surface area contributed by atoms with Crippen LogP contribution in [-0.2, 0) is 0 Å². The van der Waals surface area contributed by atoms with Gasteiger partial charge in [-0.3, -0.25) is 4.98 Å². The molecule has 1 aromatic heterocycles. The third-order valence-electron chi connectivity index (χ3n) is 8.50. The van der Waals surface area contributed by atoms with Crippen LogP contribution in [-0.4, -0.2) is 10.6 Å². The first-order chi connectivity index (χ1) is 16.6. The van der Waals surface area contributed by atoms with Gasteiger partial charge in [0, 0.05) is 17.2 Å². The number of benzene rings is 3. The van der Waals surface area contributed by atoms with E-state index in [1.807, 2.05) is 0 Å². The second kappa shape index (κ2) is 8.79. The minimum absolute atomic E-state index is 0.389. The molecule has 4 aromatic rings. The summed E-state index contributed by atoms with van der Waals surface area (Å²) in [5.74, 6) is 1.98. The molecule has 1 nitrogen and oxygen atoms in total. The van der Waals surface area contributed by atoms with Crippen LogP contribution in [0.25, 0.3) is 11.3 Å². The van der Waals surface area contributed by atoms with E-state index >= 15 is 0 Å². The molecule has 3 aliphatic carbocycles.